The third-order valence-corrected chi connectivity index (χ3v) is 2.95. The van der Waals surface area contributed by atoms with Gasteiger partial charge in [-0.2, -0.15) is 0 Å². The number of nitrogens with one attached hydrogen (secondary N) is 1. The van der Waals surface area contributed by atoms with Crippen LogP contribution in [-0.4, -0.2) is 0 Å². The van der Waals surface area contributed by atoms with E-state index in [0.29, 0.717) is 5.92 Å². The number of hydrogen-bond acceptors (Lipinski definition) is 2. The van der Waals surface area contributed by atoms with Gasteiger partial charge < -0.3 is 11.1 Å². The number of nitrogens with two attached hydrogens (primary N) is 1. The molecule has 2 rings (SSSR count). The lowest BCUT2D eigenvalue weighted by Crippen LogP contribution is -2.03. The number of halogens is 2. The zero-order valence-electron chi connectivity index (χ0n) is 10.9. The van der Waals surface area contributed by atoms with Crippen molar-refractivity contribution in [3.8, 4) is 0 Å². The van der Waals surface area contributed by atoms with Gasteiger partial charge in [-0.1, -0.05) is 32.0 Å². The van der Waals surface area contributed by atoms with E-state index < -0.39 is 11.6 Å². The summed E-state index contributed by atoms with van der Waals surface area (Å²) in [5.74, 6) is -1.12. The van der Waals surface area contributed by atoms with Crippen LogP contribution in [0.15, 0.2) is 36.4 Å². The van der Waals surface area contributed by atoms with E-state index in [1.807, 2.05) is 24.3 Å². The molecule has 0 saturated carbocycles. The van der Waals surface area contributed by atoms with Crippen molar-refractivity contribution < 1.29 is 8.78 Å². The highest BCUT2D eigenvalue weighted by molar-refractivity contribution is 5.74. The second-order valence-corrected chi connectivity index (χ2v) is 4.72. The Morgan fingerprint density at radius 2 is 1.74 bits per heavy atom. The van der Waals surface area contributed by atoms with E-state index in [1.165, 1.54) is 6.07 Å². The summed E-state index contributed by atoms with van der Waals surface area (Å²) in [4.78, 5) is 0. The number of hydrogen-bond donors (Lipinski definition) is 2. The molecule has 0 aliphatic heterocycles. The highest BCUT2D eigenvalue weighted by Gasteiger charge is 2.11. The van der Waals surface area contributed by atoms with Crippen molar-refractivity contribution in [3.63, 3.8) is 0 Å². The van der Waals surface area contributed by atoms with E-state index in [9.17, 15) is 8.78 Å². The molecule has 2 aromatic carbocycles. The summed E-state index contributed by atoms with van der Waals surface area (Å²) in [5, 5.41) is 3.00. The van der Waals surface area contributed by atoms with Crippen LogP contribution < -0.4 is 11.1 Å². The monoisotopic (exact) mass is 262 g/mol. The quantitative estimate of drug-likeness (QED) is 0.804. The molecule has 100 valence electrons. The van der Waals surface area contributed by atoms with Gasteiger partial charge in [0.2, 0.25) is 0 Å². The fourth-order valence-corrected chi connectivity index (χ4v) is 1.95. The molecule has 0 radical (unpaired) electrons. The van der Waals surface area contributed by atoms with Crippen molar-refractivity contribution in [2.24, 2.45) is 0 Å². The molecule has 0 amide bonds. The van der Waals surface area contributed by atoms with E-state index in [0.717, 1.165) is 17.3 Å². The van der Waals surface area contributed by atoms with Crippen LogP contribution in [-0.2, 0) is 0 Å². The minimum Gasteiger partial charge on any atom is -0.395 e. The minimum atomic E-state index is -0.760. The Hall–Kier alpha value is -2.10. The smallest absolute Gasteiger partial charge is 0.151 e. The molecule has 0 spiro atoms. The van der Waals surface area contributed by atoms with Crippen LogP contribution in [0.25, 0.3) is 0 Å². The largest absolute Gasteiger partial charge is 0.395 e. The summed E-state index contributed by atoms with van der Waals surface area (Å²) in [6.07, 6.45) is 0. The van der Waals surface area contributed by atoms with Crippen molar-refractivity contribution in [1.82, 2.24) is 0 Å². The predicted octanol–water partition coefficient (Wildman–Crippen LogP) is 4.41. The summed E-state index contributed by atoms with van der Waals surface area (Å²) in [6, 6.07) is 9.58. The second-order valence-electron chi connectivity index (χ2n) is 4.72. The zero-order chi connectivity index (χ0) is 14.0. The van der Waals surface area contributed by atoms with Crippen molar-refractivity contribution in [2.75, 3.05) is 11.1 Å². The molecule has 0 bridgehead atoms. The van der Waals surface area contributed by atoms with E-state index in [2.05, 4.69) is 19.2 Å². The molecule has 0 fully saturated rings. The molecule has 19 heavy (non-hydrogen) atoms. The first-order chi connectivity index (χ1) is 8.99. The number of anilines is 3. The van der Waals surface area contributed by atoms with Gasteiger partial charge in [0, 0.05) is 11.8 Å². The molecule has 0 aromatic heterocycles. The molecular formula is C15H16F2N2. The average Bonchev–Trinajstić information content (AvgIpc) is 2.35. The number of rotatable bonds is 3. The molecule has 0 unspecified atom stereocenters. The normalized spacial score (nSPS) is 10.8. The molecule has 2 aromatic rings. The highest BCUT2D eigenvalue weighted by atomic mass is 19.1. The first-order valence-corrected chi connectivity index (χ1v) is 6.09. The molecule has 0 aliphatic carbocycles. The van der Waals surface area contributed by atoms with E-state index in [-0.39, 0.29) is 11.4 Å². The van der Waals surface area contributed by atoms with Gasteiger partial charge in [0.05, 0.1) is 11.4 Å². The van der Waals surface area contributed by atoms with Gasteiger partial charge in [-0.05, 0) is 23.6 Å². The Morgan fingerprint density at radius 3 is 2.42 bits per heavy atom. The summed E-state index contributed by atoms with van der Waals surface area (Å²) in [5.41, 5.74) is 7.64. The van der Waals surface area contributed by atoms with Gasteiger partial charge in [0.15, 0.2) is 5.82 Å². The van der Waals surface area contributed by atoms with Crippen molar-refractivity contribution >= 4 is 17.1 Å². The Kier molecular flexibility index (Phi) is 3.69. The van der Waals surface area contributed by atoms with E-state index in [4.69, 9.17) is 5.73 Å². The summed E-state index contributed by atoms with van der Waals surface area (Å²) < 4.78 is 26.6. The van der Waals surface area contributed by atoms with Gasteiger partial charge in [0.25, 0.3) is 0 Å². The average molecular weight is 262 g/mol. The minimum absolute atomic E-state index is 0.0834. The molecule has 0 saturated heterocycles. The van der Waals surface area contributed by atoms with Gasteiger partial charge in [-0.25, -0.2) is 8.78 Å². The van der Waals surface area contributed by atoms with E-state index in [1.54, 1.807) is 0 Å². The molecule has 0 heterocycles. The third-order valence-electron chi connectivity index (χ3n) is 2.95. The Morgan fingerprint density at radius 1 is 1.05 bits per heavy atom. The van der Waals surface area contributed by atoms with Gasteiger partial charge >= 0.3 is 0 Å². The molecule has 0 atom stereocenters. The first-order valence-electron chi connectivity index (χ1n) is 6.09. The van der Waals surface area contributed by atoms with Crippen molar-refractivity contribution in [2.45, 2.75) is 19.8 Å². The lowest BCUT2D eigenvalue weighted by atomic mass is 10.0. The fourth-order valence-electron chi connectivity index (χ4n) is 1.95. The fraction of sp³-hybridized carbons (Fsp3) is 0.200. The summed E-state index contributed by atoms with van der Waals surface area (Å²) in [7, 11) is 0. The Bertz CT molecular complexity index is 595. The second kappa shape index (κ2) is 5.26. The maximum atomic E-state index is 13.4. The van der Waals surface area contributed by atoms with Crippen molar-refractivity contribution in [1.29, 1.82) is 0 Å². The van der Waals surface area contributed by atoms with Crippen molar-refractivity contribution in [3.05, 3.63) is 53.6 Å². The van der Waals surface area contributed by atoms with E-state index >= 15 is 0 Å². The van der Waals surface area contributed by atoms with Crippen LogP contribution in [0.2, 0.25) is 0 Å². The standard InChI is InChI=1S/C15H16F2N2/c1-9(2)11-5-3-4-6-13(11)19-14-8-10(16)7-12(17)15(14)18/h3-9,19H,18H2,1-2H3. The number of benzene rings is 2. The molecule has 4 heteroatoms. The number of nitrogen functional groups attached to an aromatic ring is 1. The maximum Gasteiger partial charge on any atom is 0.151 e. The van der Waals surface area contributed by atoms with Crippen LogP contribution in [0.4, 0.5) is 25.8 Å². The van der Waals surface area contributed by atoms with Crippen LogP contribution in [0.5, 0.6) is 0 Å². The zero-order valence-corrected chi connectivity index (χ0v) is 10.9. The SMILES string of the molecule is CC(C)c1ccccc1Nc1cc(F)cc(F)c1N. The maximum absolute atomic E-state index is 13.4. The van der Waals surface area contributed by atoms with Crippen LogP contribution in [0, 0.1) is 11.6 Å². The van der Waals surface area contributed by atoms with Gasteiger partial charge in [-0.15, -0.1) is 0 Å². The lowest BCUT2D eigenvalue weighted by molar-refractivity contribution is 0.587. The van der Waals surface area contributed by atoms with Crippen LogP contribution >= 0.6 is 0 Å². The van der Waals surface area contributed by atoms with Gasteiger partial charge in [-0.3, -0.25) is 0 Å². The summed E-state index contributed by atoms with van der Waals surface area (Å²) in [6.45, 7) is 4.10. The lowest BCUT2D eigenvalue weighted by Gasteiger charge is -2.16. The van der Waals surface area contributed by atoms with Crippen LogP contribution in [0.3, 0.4) is 0 Å². The molecule has 3 N–H and O–H groups in total. The molecule has 2 nitrogen and oxygen atoms in total. The molecule has 0 aliphatic rings. The van der Waals surface area contributed by atoms with Gasteiger partial charge in [0.1, 0.15) is 5.82 Å². The summed E-state index contributed by atoms with van der Waals surface area (Å²) >= 11 is 0. The third kappa shape index (κ3) is 2.84. The first kappa shape index (κ1) is 13.3. The molecular weight excluding hydrogens is 246 g/mol. The topological polar surface area (TPSA) is 38.0 Å². The Balaban J connectivity index is 2.42. The Labute approximate surface area is 111 Å². The predicted molar refractivity (Wildman–Crippen MR) is 74.6 cm³/mol. The van der Waals surface area contributed by atoms with Crippen LogP contribution in [0.1, 0.15) is 25.3 Å². The highest BCUT2D eigenvalue weighted by Crippen LogP contribution is 2.31. The number of para-hydroxylation sites is 1.